The number of amides is 6. The second-order valence-electron chi connectivity index (χ2n) is 13.7. The highest BCUT2D eigenvalue weighted by atomic mass is 16.4. The van der Waals surface area contributed by atoms with Crippen LogP contribution in [0.3, 0.4) is 0 Å². The highest BCUT2D eigenvalue weighted by molar-refractivity contribution is 6.00. The second-order valence-corrected chi connectivity index (χ2v) is 13.7. The number of carbonyl (C=O) groups excluding carboxylic acids is 5. The molecule has 8 N–H and O–H groups in total. The number of para-hydroxylation sites is 1. The minimum Gasteiger partial charge on any atom is -0.481 e. The molecule has 1 aliphatic carbocycles. The van der Waals surface area contributed by atoms with E-state index in [-0.39, 0.29) is 24.9 Å². The number of primary amides is 1. The minimum atomic E-state index is -1.36. The van der Waals surface area contributed by atoms with Gasteiger partial charge in [0, 0.05) is 24.0 Å². The van der Waals surface area contributed by atoms with E-state index in [1.807, 2.05) is 30.0 Å². The van der Waals surface area contributed by atoms with Crippen molar-refractivity contribution < 1.29 is 33.9 Å². The van der Waals surface area contributed by atoms with E-state index >= 15 is 0 Å². The number of aliphatic carboxylic acids is 1. The molecule has 14 nitrogen and oxygen atoms in total. The largest absolute Gasteiger partial charge is 0.481 e. The summed E-state index contributed by atoms with van der Waals surface area (Å²) < 4.78 is 0. The molecule has 51 heavy (non-hydrogen) atoms. The molecule has 0 bridgehead atoms. The van der Waals surface area contributed by atoms with Crippen molar-refractivity contribution in [3.8, 4) is 0 Å². The van der Waals surface area contributed by atoms with Crippen molar-refractivity contribution in [3.05, 3.63) is 59.7 Å². The van der Waals surface area contributed by atoms with Crippen molar-refractivity contribution in [1.29, 1.82) is 0 Å². The summed E-state index contributed by atoms with van der Waals surface area (Å²) in [6.45, 7) is 2.98. The first-order valence-corrected chi connectivity index (χ1v) is 17.8. The Labute approximate surface area is 298 Å². The molecule has 4 rings (SSSR count). The van der Waals surface area contributed by atoms with Gasteiger partial charge in [-0.05, 0) is 68.0 Å². The van der Waals surface area contributed by atoms with E-state index in [1.54, 1.807) is 30.3 Å². The Kier molecular flexibility index (Phi) is 14.8. The lowest BCUT2D eigenvalue weighted by molar-refractivity contribution is -0.141. The summed E-state index contributed by atoms with van der Waals surface area (Å²) >= 11 is 0. The quantitative estimate of drug-likeness (QED) is 0.146. The maximum absolute atomic E-state index is 13.7. The van der Waals surface area contributed by atoms with E-state index in [1.165, 1.54) is 0 Å². The molecule has 2 aromatic rings. The van der Waals surface area contributed by atoms with Crippen LogP contribution in [0.5, 0.6) is 0 Å². The number of carboxylic acid groups (broad SMARTS) is 1. The number of nitrogens with one attached hydrogen (secondary N) is 5. The van der Waals surface area contributed by atoms with Gasteiger partial charge < -0.3 is 37.4 Å². The number of nitrogens with zero attached hydrogens (tertiary/aromatic N) is 1. The Morgan fingerprint density at radius 2 is 1.55 bits per heavy atom. The first kappa shape index (κ1) is 38.8. The third-order valence-corrected chi connectivity index (χ3v) is 9.41. The van der Waals surface area contributed by atoms with E-state index in [9.17, 15) is 33.9 Å². The average molecular weight is 706 g/mol. The van der Waals surface area contributed by atoms with Gasteiger partial charge in [0.05, 0.1) is 19.4 Å². The summed E-state index contributed by atoms with van der Waals surface area (Å²) in [5.41, 5.74) is 8.18. The number of nitrogens with two attached hydrogens (primary N) is 1. The predicted molar refractivity (Wildman–Crippen MR) is 193 cm³/mol. The minimum absolute atomic E-state index is 0.0351. The number of anilines is 2. The maximum Gasteiger partial charge on any atom is 0.323 e. The number of carbonyl (C=O) groups is 6. The molecule has 1 saturated heterocycles. The van der Waals surface area contributed by atoms with Crippen molar-refractivity contribution in [2.75, 3.05) is 30.3 Å². The number of likely N-dealkylation sites (tertiary alicyclic amines) is 1. The van der Waals surface area contributed by atoms with Crippen LogP contribution in [0, 0.1) is 12.8 Å². The Bertz CT molecular complexity index is 1530. The molecule has 1 heterocycles. The topological polar surface area (TPSA) is 212 Å². The fraction of sp³-hybridized carbons (Fsp3) is 0.514. The zero-order valence-corrected chi connectivity index (χ0v) is 29.2. The Hall–Kier alpha value is -4.98. The summed E-state index contributed by atoms with van der Waals surface area (Å²) in [6.07, 6.45) is 6.92. The Balaban J connectivity index is 1.38. The third kappa shape index (κ3) is 13.3. The summed E-state index contributed by atoms with van der Waals surface area (Å²) in [5.74, 6) is -3.20. The van der Waals surface area contributed by atoms with E-state index in [0.717, 1.165) is 50.5 Å². The van der Waals surface area contributed by atoms with Crippen LogP contribution >= 0.6 is 0 Å². The standard InChI is InChI=1S/C37H51N7O7/c1-24-9-5-6-13-29(24)43-37(51)40-27-16-14-26(15-17-27)20-33(46)41-30(19-25-10-3-2-4-11-25)36(50)42-31(21-34(47)48)35(49)39-28-12-7-8-18-44(22-28)23-32(38)45/h5-6,9,13-17,25,28,30-31H,2-4,7-8,10-12,18-23H2,1H3,(H2,38,45)(H,39,49)(H,41,46)(H,42,50)(H,47,48)(H2,40,43,51)/t28?,30-,31-/m0/s1. The highest BCUT2D eigenvalue weighted by Gasteiger charge is 2.32. The molecule has 14 heteroatoms. The van der Waals surface area contributed by atoms with Crippen LogP contribution in [0.1, 0.15) is 75.3 Å². The van der Waals surface area contributed by atoms with E-state index in [2.05, 4.69) is 26.6 Å². The number of hydrogen-bond acceptors (Lipinski definition) is 7. The zero-order valence-electron chi connectivity index (χ0n) is 29.2. The van der Waals surface area contributed by atoms with E-state index in [0.29, 0.717) is 42.9 Å². The first-order chi connectivity index (χ1) is 24.4. The normalized spacial score (nSPS) is 17.9. The van der Waals surface area contributed by atoms with Gasteiger partial charge in [-0.25, -0.2) is 4.79 Å². The molecule has 2 aliphatic rings. The van der Waals surface area contributed by atoms with Gasteiger partial charge in [-0.15, -0.1) is 0 Å². The molecule has 1 unspecified atom stereocenters. The van der Waals surface area contributed by atoms with Gasteiger partial charge in [0.15, 0.2) is 0 Å². The fourth-order valence-corrected chi connectivity index (χ4v) is 6.78. The van der Waals surface area contributed by atoms with Gasteiger partial charge >= 0.3 is 12.0 Å². The molecule has 6 amide bonds. The summed E-state index contributed by atoms with van der Waals surface area (Å²) in [6, 6.07) is 11.1. The lowest BCUT2D eigenvalue weighted by atomic mass is 9.84. The van der Waals surface area contributed by atoms with Crippen LogP contribution in [-0.2, 0) is 30.4 Å². The molecule has 0 radical (unpaired) electrons. The van der Waals surface area contributed by atoms with Crippen molar-refractivity contribution in [1.82, 2.24) is 20.9 Å². The highest BCUT2D eigenvalue weighted by Crippen LogP contribution is 2.27. The smallest absolute Gasteiger partial charge is 0.323 e. The predicted octanol–water partition coefficient (Wildman–Crippen LogP) is 3.05. The molecular weight excluding hydrogens is 654 g/mol. The van der Waals surface area contributed by atoms with Crippen LogP contribution in [0.4, 0.5) is 16.2 Å². The molecule has 276 valence electrons. The van der Waals surface area contributed by atoms with Gasteiger partial charge in [0.1, 0.15) is 12.1 Å². The molecule has 1 saturated carbocycles. The molecule has 0 aromatic heterocycles. The lowest BCUT2D eigenvalue weighted by Gasteiger charge is -2.29. The second kappa shape index (κ2) is 19.4. The Morgan fingerprint density at radius 1 is 0.843 bits per heavy atom. The first-order valence-electron chi connectivity index (χ1n) is 17.8. The average Bonchev–Trinajstić information content (AvgIpc) is 3.30. The van der Waals surface area contributed by atoms with Crippen LogP contribution in [0.15, 0.2) is 48.5 Å². The van der Waals surface area contributed by atoms with Gasteiger partial charge in [-0.1, -0.05) is 68.9 Å². The van der Waals surface area contributed by atoms with Gasteiger partial charge in [-0.3, -0.25) is 28.9 Å². The third-order valence-electron chi connectivity index (χ3n) is 9.41. The monoisotopic (exact) mass is 705 g/mol. The summed E-state index contributed by atoms with van der Waals surface area (Å²) in [5, 5.41) is 23.5. The number of aryl methyl sites for hydroxylation is 1. The number of rotatable bonds is 15. The van der Waals surface area contributed by atoms with Crippen molar-refractivity contribution in [2.45, 2.75) is 95.7 Å². The molecule has 3 atom stereocenters. The van der Waals surface area contributed by atoms with Gasteiger partial charge in [0.2, 0.25) is 23.6 Å². The van der Waals surface area contributed by atoms with Crippen LogP contribution in [0.2, 0.25) is 0 Å². The fourth-order valence-electron chi connectivity index (χ4n) is 6.78. The van der Waals surface area contributed by atoms with Crippen LogP contribution in [0.25, 0.3) is 0 Å². The maximum atomic E-state index is 13.7. The van der Waals surface area contributed by atoms with Crippen LogP contribution in [-0.4, -0.2) is 83.4 Å². The van der Waals surface area contributed by atoms with E-state index in [4.69, 9.17) is 5.73 Å². The summed E-state index contributed by atoms with van der Waals surface area (Å²) in [4.78, 5) is 78.0. The summed E-state index contributed by atoms with van der Waals surface area (Å²) in [7, 11) is 0. The number of benzene rings is 2. The molecule has 1 aliphatic heterocycles. The molecule has 2 fully saturated rings. The zero-order chi connectivity index (χ0) is 36.8. The van der Waals surface area contributed by atoms with Crippen molar-refractivity contribution in [3.63, 3.8) is 0 Å². The number of carboxylic acids is 1. The van der Waals surface area contributed by atoms with E-state index < -0.39 is 54.1 Å². The lowest BCUT2D eigenvalue weighted by Crippen LogP contribution is -2.56. The number of hydrogen-bond donors (Lipinski definition) is 7. The molecule has 2 aromatic carbocycles. The van der Waals surface area contributed by atoms with Gasteiger partial charge in [-0.2, -0.15) is 0 Å². The van der Waals surface area contributed by atoms with Gasteiger partial charge in [0.25, 0.3) is 0 Å². The molecular formula is C37H51N7O7. The van der Waals surface area contributed by atoms with Crippen molar-refractivity contribution in [2.24, 2.45) is 11.7 Å². The van der Waals surface area contributed by atoms with Crippen LogP contribution < -0.4 is 32.3 Å². The SMILES string of the molecule is Cc1ccccc1NC(=O)Nc1ccc(CC(=O)N[C@@H](CC2CCCCC2)C(=O)N[C@@H](CC(=O)O)C(=O)NC2CCCCN(CC(N)=O)C2)cc1. The Morgan fingerprint density at radius 3 is 2.24 bits per heavy atom. The van der Waals surface area contributed by atoms with Crippen molar-refractivity contribution >= 4 is 47.0 Å². The molecule has 0 spiro atoms. The number of urea groups is 1.